The first-order valence-corrected chi connectivity index (χ1v) is 10.00. The van der Waals surface area contributed by atoms with Gasteiger partial charge in [0.15, 0.2) is 0 Å². The van der Waals surface area contributed by atoms with E-state index in [0.717, 1.165) is 16.9 Å². The van der Waals surface area contributed by atoms with Crippen LogP contribution in [0.25, 0.3) is 16.8 Å². The minimum atomic E-state index is -0.449. The molecule has 0 bridgehead atoms. The van der Waals surface area contributed by atoms with E-state index in [9.17, 15) is 9.59 Å². The summed E-state index contributed by atoms with van der Waals surface area (Å²) in [5.41, 5.74) is 2.51. The Labute approximate surface area is 179 Å². The summed E-state index contributed by atoms with van der Waals surface area (Å²) in [6.45, 7) is 9.83. The van der Waals surface area contributed by atoms with Gasteiger partial charge in [0.05, 0.1) is 16.9 Å². The quantitative estimate of drug-likeness (QED) is 0.544. The summed E-state index contributed by atoms with van der Waals surface area (Å²) in [4.78, 5) is 30.1. The number of aryl methyl sites for hydroxylation is 3. The first-order chi connectivity index (χ1) is 14.6. The lowest BCUT2D eigenvalue weighted by atomic mass is 9.92. The number of carbonyl (C=O) groups excluding carboxylic acids is 1. The van der Waals surface area contributed by atoms with Crippen molar-refractivity contribution < 1.29 is 9.21 Å². The van der Waals surface area contributed by atoms with Gasteiger partial charge in [-0.1, -0.05) is 32.9 Å². The summed E-state index contributed by atoms with van der Waals surface area (Å²) in [5.74, 6) is 0.395. The van der Waals surface area contributed by atoms with Gasteiger partial charge in [0, 0.05) is 18.5 Å². The van der Waals surface area contributed by atoms with E-state index in [2.05, 4.69) is 31.1 Å². The van der Waals surface area contributed by atoms with Crippen LogP contribution >= 0.6 is 0 Å². The van der Waals surface area contributed by atoms with Gasteiger partial charge in [-0.3, -0.25) is 9.59 Å². The number of nitrogens with zero attached hydrogens (tertiary/aromatic N) is 4. The van der Waals surface area contributed by atoms with E-state index in [0.29, 0.717) is 11.6 Å². The van der Waals surface area contributed by atoms with Gasteiger partial charge in [-0.05, 0) is 31.5 Å². The molecule has 3 heterocycles. The molecule has 1 amide bonds. The second-order valence-corrected chi connectivity index (χ2v) is 8.74. The molecular formula is C23H25N5O3. The van der Waals surface area contributed by atoms with Gasteiger partial charge in [0.25, 0.3) is 11.5 Å². The first-order valence-electron chi connectivity index (χ1n) is 10.00. The monoisotopic (exact) mass is 419 g/mol. The first kappa shape index (κ1) is 20.6. The maximum Gasteiger partial charge on any atom is 0.265 e. The lowest BCUT2D eigenvalue weighted by molar-refractivity contribution is 0.102. The third-order valence-electron chi connectivity index (χ3n) is 5.14. The maximum absolute atomic E-state index is 13.3. The third kappa shape index (κ3) is 3.65. The predicted molar refractivity (Wildman–Crippen MR) is 119 cm³/mol. The average molecular weight is 419 g/mol. The Hall–Kier alpha value is -3.68. The van der Waals surface area contributed by atoms with Gasteiger partial charge in [-0.25, -0.2) is 9.67 Å². The van der Waals surface area contributed by atoms with E-state index in [-0.39, 0.29) is 27.6 Å². The summed E-state index contributed by atoms with van der Waals surface area (Å²) in [6, 6.07) is 9.72. The van der Waals surface area contributed by atoms with Crippen LogP contribution in [-0.2, 0) is 12.5 Å². The van der Waals surface area contributed by atoms with Crippen LogP contribution in [0.15, 0.2) is 45.9 Å². The van der Waals surface area contributed by atoms with Crippen molar-refractivity contribution in [1.82, 2.24) is 19.3 Å². The molecule has 160 valence electrons. The molecule has 1 N–H and O–H groups in total. The third-order valence-corrected chi connectivity index (χ3v) is 5.14. The second kappa shape index (κ2) is 7.23. The van der Waals surface area contributed by atoms with Gasteiger partial charge in [0.2, 0.25) is 5.71 Å². The fourth-order valence-corrected chi connectivity index (χ4v) is 3.43. The van der Waals surface area contributed by atoms with Gasteiger partial charge in [-0.15, -0.1) is 0 Å². The highest BCUT2D eigenvalue weighted by Gasteiger charge is 2.26. The number of hydrogen-bond donors (Lipinski definition) is 1. The van der Waals surface area contributed by atoms with Crippen molar-refractivity contribution in [2.24, 2.45) is 7.05 Å². The van der Waals surface area contributed by atoms with Gasteiger partial charge >= 0.3 is 0 Å². The molecule has 4 rings (SSSR count). The fourth-order valence-electron chi connectivity index (χ4n) is 3.43. The Morgan fingerprint density at radius 2 is 1.90 bits per heavy atom. The molecule has 0 radical (unpaired) electrons. The fraction of sp³-hybridized carbons (Fsp3) is 0.304. The number of fused-ring (bicyclic) bond motifs is 1. The van der Waals surface area contributed by atoms with E-state index in [1.807, 2.05) is 37.3 Å². The lowest BCUT2D eigenvalue weighted by Gasteiger charge is -2.14. The lowest BCUT2D eigenvalue weighted by Crippen LogP contribution is -2.21. The molecule has 0 aliphatic carbocycles. The molecule has 3 aromatic heterocycles. The molecule has 8 heteroatoms. The van der Waals surface area contributed by atoms with Crippen LogP contribution in [0.2, 0.25) is 0 Å². The van der Waals surface area contributed by atoms with Crippen molar-refractivity contribution >= 4 is 22.8 Å². The maximum atomic E-state index is 13.3. The number of nitrogens with one attached hydrogen (secondary N) is 1. The molecule has 1 aromatic carbocycles. The summed E-state index contributed by atoms with van der Waals surface area (Å²) in [5, 5.41) is 7.84. The predicted octanol–water partition coefficient (Wildman–Crippen LogP) is 3.88. The molecule has 0 aliphatic heterocycles. The highest BCUT2D eigenvalue weighted by molar-refractivity contribution is 6.12. The molecule has 0 spiro atoms. The number of amides is 1. The number of rotatable bonds is 3. The molecule has 0 fully saturated rings. The smallest absolute Gasteiger partial charge is 0.265 e. The molecule has 0 unspecified atom stereocenters. The Kier molecular flexibility index (Phi) is 4.80. The van der Waals surface area contributed by atoms with Crippen LogP contribution in [0.1, 0.15) is 48.1 Å². The molecule has 31 heavy (non-hydrogen) atoms. The van der Waals surface area contributed by atoms with Crippen LogP contribution in [0.3, 0.4) is 0 Å². The zero-order chi connectivity index (χ0) is 22.5. The Morgan fingerprint density at radius 1 is 1.16 bits per heavy atom. The van der Waals surface area contributed by atoms with E-state index in [1.54, 1.807) is 18.7 Å². The number of carbonyl (C=O) groups is 1. The van der Waals surface area contributed by atoms with Crippen LogP contribution in [0.5, 0.6) is 0 Å². The van der Waals surface area contributed by atoms with Crippen molar-refractivity contribution in [2.75, 3.05) is 5.32 Å². The van der Waals surface area contributed by atoms with Crippen molar-refractivity contribution in [3.63, 3.8) is 0 Å². The number of aromatic nitrogens is 4. The van der Waals surface area contributed by atoms with Crippen molar-refractivity contribution in [2.45, 2.75) is 40.0 Å². The molecule has 0 saturated carbocycles. The van der Waals surface area contributed by atoms with Crippen molar-refractivity contribution in [3.8, 4) is 5.69 Å². The molecule has 0 saturated heterocycles. The summed E-state index contributed by atoms with van der Waals surface area (Å²) < 4.78 is 8.61. The topological polar surface area (TPSA) is 94.9 Å². The largest absolute Gasteiger partial charge is 0.442 e. The summed E-state index contributed by atoms with van der Waals surface area (Å²) >= 11 is 0. The van der Waals surface area contributed by atoms with Crippen LogP contribution < -0.4 is 10.9 Å². The van der Waals surface area contributed by atoms with Crippen molar-refractivity contribution in [3.05, 3.63) is 69.6 Å². The summed E-state index contributed by atoms with van der Waals surface area (Å²) in [6.07, 6.45) is 1.37. The highest BCUT2D eigenvalue weighted by atomic mass is 16.3. The second-order valence-electron chi connectivity index (χ2n) is 8.74. The Morgan fingerprint density at radius 3 is 2.58 bits per heavy atom. The van der Waals surface area contributed by atoms with E-state index < -0.39 is 5.91 Å². The molecule has 4 aromatic rings. The zero-order valence-electron chi connectivity index (χ0n) is 18.5. The molecule has 8 nitrogen and oxygen atoms in total. The molecule has 0 atom stereocenters. The number of furan rings is 1. The van der Waals surface area contributed by atoms with Crippen molar-refractivity contribution in [1.29, 1.82) is 0 Å². The number of anilines is 1. The normalized spacial score (nSPS) is 11.8. The van der Waals surface area contributed by atoms with Gasteiger partial charge < -0.3 is 14.3 Å². The minimum Gasteiger partial charge on any atom is -0.442 e. The van der Waals surface area contributed by atoms with Gasteiger partial charge in [-0.2, -0.15) is 5.10 Å². The number of hydrogen-bond acceptors (Lipinski definition) is 5. The van der Waals surface area contributed by atoms with E-state index >= 15 is 0 Å². The standard InChI is InChI=1S/C23H25N5O3/c1-13-8-7-9-15(10-13)28-17(11-16(26-28)23(3,4)5)25-20(29)18-14(2)31-21-19(18)22(30)27(6)12-24-21/h7-12H,1-6H3,(H,25,29). The summed E-state index contributed by atoms with van der Waals surface area (Å²) in [7, 11) is 1.58. The van der Waals surface area contributed by atoms with E-state index in [1.165, 1.54) is 10.9 Å². The molecule has 0 aliphatic rings. The van der Waals surface area contributed by atoms with Crippen LogP contribution in [0, 0.1) is 13.8 Å². The van der Waals surface area contributed by atoms with E-state index in [4.69, 9.17) is 9.52 Å². The SMILES string of the molecule is Cc1cccc(-n2nc(C(C)(C)C)cc2NC(=O)c2c(C)oc3ncn(C)c(=O)c23)c1. The molecular weight excluding hydrogens is 394 g/mol. The Balaban J connectivity index is 1.83. The van der Waals surface area contributed by atoms with Crippen LogP contribution in [-0.4, -0.2) is 25.2 Å². The minimum absolute atomic E-state index is 0.147. The highest BCUT2D eigenvalue weighted by Crippen LogP contribution is 2.28. The Bertz CT molecular complexity index is 1370. The zero-order valence-corrected chi connectivity index (χ0v) is 18.5. The number of benzene rings is 1. The van der Waals surface area contributed by atoms with Gasteiger partial charge in [0.1, 0.15) is 23.3 Å². The average Bonchev–Trinajstić information content (AvgIpc) is 3.26. The van der Waals surface area contributed by atoms with Crippen LogP contribution in [0.4, 0.5) is 5.82 Å².